The van der Waals surface area contributed by atoms with Gasteiger partial charge in [0.15, 0.2) is 0 Å². The molecule has 1 aliphatic carbocycles. The van der Waals surface area contributed by atoms with E-state index in [1.54, 1.807) is 6.07 Å². The number of aromatic amines is 1. The van der Waals surface area contributed by atoms with Crippen molar-refractivity contribution in [3.05, 3.63) is 56.5 Å². The molecule has 0 saturated carbocycles. The van der Waals surface area contributed by atoms with Gasteiger partial charge in [-0.3, -0.25) is 4.79 Å². The van der Waals surface area contributed by atoms with Gasteiger partial charge in [-0.1, -0.05) is 47.5 Å². The number of nitrogens with one attached hydrogen (secondary N) is 3. The molecule has 0 bridgehead atoms. The van der Waals surface area contributed by atoms with Gasteiger partial charge >= 0.3 is 0 Å². The number of sulfonamides is 1. The molecular weight excluding hydrogens is 429 g/mol. The van der Waals surface area contributed by atoms with Crippen LogP contribution in [0.25, 0.3) is 10.2 Å². The molecule has 27 heavy (non-hydrogen) atoms. The van der Waals surface area contributed by atoms with Crippen LogP contribution in [0.5, 0.6) is 0 Å². The number of carbonyl (C=O) groups is 1. The number of thiophene rings is 1. The Labute approximate surface area is 169 Å². The van der Waals surface area contributed by atoms with Gasteiger partial charge in [0.2, 0.25) is 10.0 Å². The quantitative estimate of drug-likeness (QED) is 0.576. The number of rotatable bonds is 4. The molecule has 2 aromatic heterocycles. The summed E-state index contributed by atoms with van der Waals surface area (Å²) in [5, 5.41) is 3.32. The lowest BCUT2D eigenvalue weighted by molar-refractivity contribution is 0.0927. The standard InChI is InChI=1S/C17H15Cl2N3O3S2/c1-27(24,25)22-14-9-5-3-2-4-8(9)6-10(14)21-17(23)11-7-12-15(20-11)13(18)16(19)26-12/h2-5,7,10,14,20,22H,6H2,1H3,(H,21,23)/t10-,14+/m1/s1. The van der Waals surface area contributed by atoms with Crippen LogP contribution >= 0.6 is 34.5 Å². The first-order valence-corrected chi connectivity index (χ1v) is 11.5. The SMILES string of the molecule is CS(=O)(=O)N[C@H]1c2ccccc2C[C@H]1NC(=O)c1cc2sc(Cl)c(Cl)c2[nH]1. The summed E-state index contributed by atoms with van der Waals surface area (Å²) in [5.41, 5.74) is 2.85. The number of H-pyrrole nitrogens is 1. The average molecular weight is 444 g/mol. The molecule has 3 aromatic rings. The number of halogens is 2. The Bertz CT molecular complexity index is 1150. The number of hydrogen-bond donors (Lipinski definition) is 3. The molecule has 2 heterocycles. The number of carbonyl (C=O) groups excluding carboxylic acids is 1. The van der Waals surface area contributed by atoms with E-state index in [9.17, 15) is 13.2 Å². The van der Waals surface area contributed by atoms with Crippen molar-refractivity contribution < 1.29 is 13.2 Å². The van der Waals surface area contributed by atoms with Crippen LogP contribution in [-0.2, 0) is 16.4 Å². The van der Waals surface area contributed by atoms with E-state index in [0.29, 0.717) is 27.0 Å². The first kappa shape index (κ1) is 18.8. The Morgan fingerprint density at radius 3 is 2.74 bits per heavy atom. The van der Waals surface area contributed by atoms with Crippen LogP contribution in [0, 0.1) is 0 Å². The van der Waals surface area contributed by atoms with Crippen molar-refractivity contribution in [3.8, 4) is 0 Å². The minimum atomic E-state index is -3.45. The van der Waals surface area contributed by atoms with Crippen molar-refractivity contribution in [2.45, 2.75) is 18.5 Å². The summed E-state index contributed by atoms with van der Waals surface area (Å²) in [7, 11) is -3.45. The molecule has 0 fully saturated rings. The van der Waals surface area contributed by atoms with E-state index in [0.717, 1.165) is 22.1 Å². The molecule has 0 saturated heterocycles. The van der Waals surface area contributed by atoms with Crippen LogP contribution in [0.15, 0.2) is 30.3 Å². The van der Waals surface area contributed by atoms with Gasteiger partial charge in [-0.05, 0) is 23.6 Å². The third-order valence-corrected chi connectivity index (χ3v) is 7.12. The van der Waals surface area contributed by atoms with Gasteiger partial charge in [0.05, 0.1) is 33.6 Å². The van der Waals surface area contributed by atoms with E-state index in [1.165, 1.54) is 11.3 Å². The third-order valence-electron chi connectivity index (χ3n) is 4.51. The van der Waals surface area contributed by atoms with E-state index in [4.69, 9.17) is 23.2 Å². The van der Waals surface area contributed by atoms with Gasteiger partial charge in [-0.2, -0.15) is 0 Å². The Morgan fingerprint density at radius 1 is 1.30 bits per heavy atom. The highest BCUT2D eigenvalue weighted by molar-refractivity contribution is 7.88. The van der Waals surface area contributed by atoms with Crippen molar-refractivity contribution in [3.63, 3.8) is 0 Å². The highest BCUT2D eigenvalue weighted by Gasteiger charge is 2.35. The zero-order valence-corrected chi connectivity index (χ0v) is 17.2. The van der Waals surface area contributed by atoms with Crippen molar-refractivity contribution in [1.29, 1.82) is 0 Å². The molecule has 6 nitrogen and oxygen atoms in total. The monoisotopic (exact) mass is 443 g/mol. The molecule has 1 amide bonds. The van der Waals surface area contributed by atoms with Crippen molar-refractivity contribution in [2.75, 3.05) is 6.26 Å². The fourth-order valence-corrected chi connectivity index (χ4v) is 5.63. The highest BCUT2D eigenvalue weighted by Crippen LogP contribution is 2.39. The minimum Gasteiger partial charge on any atom is -0.349 e. The van der Waals surface area contributed by atoms with Crippen LogP contribution in [0.3, 0.4) is 0 Å². The van der Waals surface area contributed by atoms with Crippen LogP contribution < -0.4 is 10.0 Å². The topological polar surface area (TPSA) is 91.1 Å². The molecule has 1 aliphatic rings. The van der Waals surface area contributed by atoms with Crippen LogP contribution in [-0.4, -0.2) is 31.6 Å². The summed E-state index contributed by atoms with van der Waals surface area (Å²) in [6, 6.07) is 8.32. The Kier molecular flexibility index (Phi) is 4.72. The third kappa shape index (κ3) is 3.60. The molecule has 0 unspecified atom stereocenters. The smallest absolute Gasteiger partial charge is 0.268 e. The maximum absolute atomic E-state index is 12.7. The molecule has 0 spiro atoms. The maximum Gasteiger partial charge on any atom is 0.268 e. The summed E-state index contributed by atoms with van der Waals surface area (Å²) in [6.07, 6.45) is 1.65. The summed E-state index contributed by atoms with van der Waals surface area (Å²) in [4.78, 5) is 15.7. The predicted octanol–water partition coefficient (Wildman–Crippen LogP) is 3.48. The molecule has 4 rings (SSSR count). The van der Waals surface area contributed by atoms with Crippen molar-refractivity contribution >= 4 is 60.7 Å². The summed E-state index contributed by atoms with van der Waals surface area (Å²) in [6.45, 7) is 0. The molecule has 142 valence electrons. The molecule has 0 radical (unpaired) electrons. The van der Waals surface area contributed by atoms with Gasteiger partial charge in [0.25, 0.3) is 5.91 Å². The zero-order valence-electron chi connectivity index (χ0n) is 14.0. The summed E-state index contributed by atoms with van der Waals surface area (Å²) in [5.74, 6) is -0.330. The fraction of sp³-hybridized carbons (Fsp3) is 0.235. The lowest BCUT2D eigenvalue weighted by Crippen LogP contribution is -2.44. The lowest BCUT2D eigenvalue weighted by Gasteiger charge is -2.22. The van der Waals surface area contributed by atoms with Gasteiger partial charge in [-0.25, -0.2) is 13.1 Å². The average Bonchev–Trinajstić information content (AvgIpc) is 3.22. The molecule has 3 N–H and O–H groups in total. The van der Waals surface area contributed by atoms with E-state index in [-0.39, 0.29) is 5.91 Å². The van der Waals surface area contributed by atoms with Crippen LogP contribution in [0.2, 0.25) is 9.36 Å². The van der Waals surface area contributed by atoms with Gasteiger partial charge in [0, 0.05) is 0 Å². The van der Waals surface area contributed by atoms with E-state index < -0.39 is 22.1 Å². The maximum atomic E-state index is 12.7. The fourth-order valence-electron chi connectivity index (χ4n) is 3.39. The van der Waals surface area contributed by atoms with Crippen molar-refractivity contribution in [2.24, 2.45) is 0 Å². The van der Waals surface area contributed by atoms with Crippen molar-refractivity contribution in [1.82, 2.24) is 15.0 Å². The number of hydrogen-bond acceptors (Lipinski definition) is 4. The Hall–Kier alpha value is -1.58. The molecule has 10 heteroatoms. The van der Waals surface area contributed by atoms with Crippen LogP contribution in [0.1, 0.15) is 27.7 Å². The second-order valence-corrected chi connectivity index (χ2v) is 10.3. The Morgan fingerprint density at radius 2 is 2.04 bits per heavy atom. The predicted molar refractivity (Wildman–Crippen MR) is 108 cm³/mol. The molecule has 2 atom stereocenters. The number of fused-ring (bicyclic) bond motifs is 2. The number of benzene rings is 1. The normalized spacial score (nSPS) is 19.4. The number of aromatic nitrogens is 1. The molecule has 0 aliphatic heterocycles. The van der Waals surface area contributed by atoms with E-state index in [2.05, 4.69) is 15.0 Å². The van der Waals surface area contributed by atoms with E-state index in [1.807, 2.05) is 24.3 Å². The zero-order chi connectivity index (χ0) is 19.3. The largest absolute Gasteiger partial charge is 0.349 e. The first-order chi connectivity index (χ1) is 12.7. The first-order valence-electron chi connectivity index (χ1n) is 8.05. The van der Waals surface area contributed by atoms with E-state index >= 15 is 0 Å². The Balaban J connectivity index is 1.60. The van der Waals surface area contributed by atoms with Gasteiger partial charge in [-0.15, -0.1) is 11.3 Å². The minimum absolute atomic E-state index is 0.330. The summed E-state index contributed by atoms with van der Waals surface area (Å²) >= 11 is 13.4. The lowest BCUT2D eigenvalue weighted by atomic mass is 10.1. The van der Waals surface area contributed by atoms with Gasteiger partial charge < -0.3 is 10.3 Å². The molecule has 1 aromatic carbocycles. The summed E-state index contributed by atoms with van der Waals surface area (Å²) < 4.78 is 27.5. The second kappa shape index (κ2) is 6.79. The number of amides is 1. The van der Waals surface area contributed by atoms with Crippen LogP contribution in [0.4, 0.5) is 0 Å². The molecular formula is C17H15Cl2N3O3S2. The highest BCUT2D eigenvalue weighted by atomic mass is 35.5. The second-order valence-electron chi connectivity index (χ2n) is 6.46. The van der Waals surface area contributed by atoms with Gasteiger partial charge in [0.1, 0.15) is 10.0 Å².